The molecule has 2 heterocycles. The van der Waals surface area contributed by atoms with Crippen LogP contribution in [-0.2, 0) is 10.9 Å². The molecule has 23 heavy (non-hydrogen) atoms. The smallest absolute Gasteiger partial charge is 0.365 e. The number of nitrogens with one attached hydrogen (secondary N) is 1. The van der Waals surface area contributed by atoms with Gasteiger partial charge in [-0.1, -0.05) is 0 Å². The number of hydrogen-bond acceptors (Lipinski definition) is 3. The minimum atomic E-state index is -4.80. The second-order valence-corrected chi connectivity index (χ2v) is 4.76. The molecule has 1 aromatic heterocycles. The van der Waals surface area contributed by atoms with E-state index in [0.29, 0.717) is 12.1 Å². The van der Waals surface area contributed by atoms with Crippen molar-refractivity contribution in [1.29, 1.82) is 0 Å². The zero-order valence-electron chi connectivity index (χ0n) is 11.3. The first-order valence-corrected chi connectivity index (χ1v) is 6.28. The van der Waals surface area contributed by atoms with Gasteiger partial charge in [0.25, 0.3) is 11.5 Å². The van der Waals surface area contributed by atoms with Gasteiger partial charge >= 0.3 is 12.4 Å². The summed E-state index contributed by atoms with van der Waals surface area (Å²) in [6.45, 7) is -1.43. The number of aromatic nitrogens is 1. The van der Waals surface area contributed by atoms with Crippen LogP contribution >= 0.6 is 0 Å². The van der Waals surface area contributed by atoms with Crippen molar-refractivity contribution in [3.63, 3.8) is 0 Å². The molecule has 0 aliphatic carbocycles. The number of nitrogens with zero attached hydrogens (tertiary/aromatic N) is 1. The van der Waals surface area contributed by atoms with E-state index in [1.165, 1.54) is 4.98 Å². The highest BCUT2D eigenvalue weighted by molar-refractivity contribution is 5.93. The minimum Gasteiger partial charge on any atom is -0.365 e. The molecular formula is C12H10F6N2O3. The first-order valence-electron chi connectivity index (χ1n) is 6.28. The Morgan fingerprint density at radius 2 is 1.87 bits per heavy atom. The maximum absolute atomic E-state index is 12.6. The molecule has 1 amide bonds. The summed E-state index contributed by atoms with van der Waals surface area (Å²) < 4.78 is 79.6. The molecule has 0 unspecified atom stereocenters. The maximum atomic E-state index is 12.6. The summed E-state index contributed by atoms with van der Waals surface area (Å²) in [6, 6.07) is 1.12. The largest absolute Gasteiger partial charge is 0.431 e. The highest BCUT2D eigenvalue weighted by Crippen LogP contribution is 2.27. The molecule has 1 N–H and O–H groups in total. The van der Waals surface area contributed by atoms with Gasteiger partial charge in [-0.2, -0.15) is 26.3 Å². The van der Waals surface area contributed by atoms with E-state index in [4.69, 9.17) is 0 Å². The highest BCUT2D eigenvalue weighted by atomic mass is 19.4. The average Bonchev–Trinajstić information content (AvgIpc) is 2.45. The van der Waals surface area contributed by atoms with Gasteiger partial charge in [-0.05, 0) is 12.1 Å². The fourth-order valence-corrected chi connectivity index (χ4v) is 2.01. The van der Waals surface area contributed by atoms with Gasteiger partial charge in [-0.25, -0.2) is 0 Å². The van der Waals surface area contributed by atoms with Gasteiger partial charge in [0.05, 0.1) is 13.2 Å². The number of halogens is 6. The SMILES string of the molecule is O=C(c1ccc(C(F)(F)F)[nH]c1=O)N1CCO[C@@H](C(F)(F)F)C1. The summed E-state index contributed by atoms with van der Waals surface area (Å²) in [7, 11) is 0. The summed E-state index contributed by atoms with van der Waals surface area (Å²) in [6.07, 6.45) is -11.7. The van der Waals surface area contributed by atoms with E-state index in [1.807, 2.05) is 0 Å². The molecule has 0 radical (unpaired) electrons. The summed E-state index contributed by atoms with van der Waals surface area (Å²) >= 11 is 0. The van der Waals surface area contributed by atoms with Crippen LogP contribution in [0.1, 0.15) is 16.1 Å². The zero-order chi connectivity index (χ0) is 17.4. The standard InChI is InChI=1S/C12H10F6N2O3/c13-11(14,15)7-2-1-6(9(21)19-7)10(22)20-3-4-23-8(5-20)12(16,17)18/h1-2,8H,3-5H2,(H,19,21)/t8-/m1/s1. The molecule has 128 valence electrons. The van der Waals surface area contributed by atoms with Gasteiger partial charge < -0.3 is 14.6 Å². The van der Waals surface area contributed by atoms with Crippen molar-refractivity contribution in [2.45, 2.75) is 18.5 Å². The predicted molar refractivity (Wildman–Crippen MR) is 63.8 cm³/mol. The second-order valence-electron chi connectivity index (χ2n) is 4.76. The van der Waals surface area contributed by atoms with Crippen LogP contribution in [0.15, 0.2) is 16.9 Å². The fraction of sp³-hybridized carbons (Fsp3) is 0.500. The lowest BCUT2D eigenvalue weighted by atomic mass is 10.2. The topological polar surface area (TPSA) is 62.4 Å². The normalized spacial score (nSPS) is 19.7. The van der Waals surface area contributed by atoms with E-state index in [0.717, 1.165) is 4.90 Å². The molecule has 0 bridgehead atoms. The lowest BCUT2D eigenvalue weighted by molar-refractivity contribution is -0.233. The van der Waals surface area contributed by atoms with Crippen LogP contribution in [-0.4, -0.2) is 47.8 Å². The molecule has 1 aliphatic heterocycles. The molecule has 2 rings (SSSR count). The highest BCUT2D eigenvalue weighted by Gasteiger charge is 2.44. The number of carbonyl (C=O) groups excluding carboxylic acids is 1. The van der Waals surface area contributed by atoms with Gasteiger partial charge in [0.1, 0.15) is 11.3 Å². The van der Waals surface area contributed by atoms with E-state index in [2.05, 4.69) is 4.74 Å². The lowest BCUT2D eigenvalue weighted by Gasteiger charge is -2.33. The number of morpholine rings is 1. The van der Waals surface area contributed by atoms with Gasteiger partial charge in [0.2, 0.25) is 0 Å². The third-order valence-electron chi connectivity index (χ3n) is 3.16. The van der Waals surface area contributed by atoms with E-state index >= 15 is 0 Å². The number of amides is 1. The average molecular weight is 344 g/mol. The number of pyridine rings is 1. The van der Waals surface area contributed by atoms with Crippen molar-refractivity contribution in [3.05, 3.63) is 33.7 Å². The quantitative estimate of drug-likeness (QED) is 0.791. The fourth-order valence-electron chi connectivity index (χ4n) is 2.01. The molecule has 0 saturated carbocycles. The summed E-state index contributed by atoms with van der Waals surface area (Å²) in [5, 5.41) is 0. The Balaban J connectivity index is 2.22. The van der Waals surface area contributed by atoms with Crippen LogP contribution < -0.4 is 5.56 Å². The number of H-pyrrole nitrogens is 1. The number of rotatable bonds is 1. The first kappa shape index (κ1) is 17.3. The Hall–Kier alpha value is -2.04. The molecular weight excluding hydrogens is 334 g/mol. The minimum absolute atomic E-state index is 0.203. The molecule has 1 saturated heterocycles. The van der Waals surface area contributed by atoms with Crippen molar-refractivity contribution in [3.8, 4) is 0 Å². The first-order chi connectivity index (χ1) is 10.5. The van der Waals surface area contributed by atoms with Crippen molar-refractivity contribution >= 4 is 5.91 Å². The van der Waals surface area contributed by atoms with Crippen molar-refractivity contribution in [2.75, 3.05) is 19.7 Å². The zero-order valence-corrected chi connectivity index (χ0v) is 11.3. The number of ether oxygens (including phenoxy) is 1. The molecule has 1 fully saturated rings. The molecule has 1 atom stereocenters. The Kier molecular flexibility index (Phi) is 4.42. The van der Waals surface area contributed by atoms with Crippen LogP contribution in [0.2, 0.25) is 0 Å². The molecule has 1 aromatic rings. The van der Waals surface area contributed by atoms with E-state index in [-0.39, 0.29) is 6.54 Å². The third kappa shape index (κ3) is 3.84. The number of hydrogen-bond donors (Lipinski definition) is 1. The van der Waals surface area contributed by atoms with Gasteiger partial charge in [0.15, 0.2) is 6.10 Å². The van der Waals surface area contributed by atoms with Crippen molar-refractivity contribution in [2.24, 2.45) is 0 Å². The number of carbonyl (C=O) groups is 1. The Morgan fingerprint density at radius 3 is 2.39 bits per heavy atom. The van der Waals surface area contributed by atoms with E-state index in [9.17, 15) is 35.9 Å². The van der Waals surface area contributed by atoms with E-state index < -0.39 is 54.3 Å². The second kappa shape index (κ2) is 5.87. The van der Waals surface area contributed by atoms with Crippen LogP contribution in [0.25, 0.3) is 0 Å². The molecule has 0 aromatic carbocycles. The van der Waals surface area contributed by atoms with Crippen LogP contribution in [0.4, 0.5) is 26.3 Å². The Morgan fingerprint density at radius 1 is 1.22 bits per heavy atom. The monoisotopic (exact) mass is 344 g/mol. The van der Waals surface area contributed by atoms with Crippen molar-refractivity contribution < 1.29 is 35.9 Å². The number of aromatic amines is 1. The Bertz CT molecular complexity index is 651. The van der Waals surface area contributed by atoms with Crippen molar-refractivity contribution in [1.82, 2.24) is 9.88 Å². The molecule has 1 aliphatic rings. The summed E-state index contributed by atoms with van der Waals surface area (Å²) in [5.74, 6) is -1.09. The predicted octanol–water partition coefficient (Wildman–Crippen LogP) is 1.80. The Labute approximate surface area is 124 Å². The van der Waals surface area contributed by atoms with Crippen LogP contribution in [0.5, 0.6) is 0 Å². The summed E-state index contributed by atoms with van der Waals surface area (Å²) in [4.78, 5) is 25.9. The lowest BCUT2D eigenvalue weighted by Crippen LogP contribution is -2.51. The van der Waals surface area contributed by atoms with E-state index in [1.54, 1.807) is 0 Å². The van der Waals surface area contributed by atoms with Gasteiger partial charge in [-0.15, -0.1) is 0 Å². The third-order valence-corrected chi connectivity index (χ3v) is 3.16. The van der Waals surface area contributed by atoms with Gasteiger partial charge in [-0.3, -0.25) is 9.59 Å². The molecule has 11 heteroatoms. The van der Waals surface area contributed by atoms with Crippen LogP contribution in [0.3, 0.4) is 0 Å². The summed E-state index contributed by atoms with van der Waals surface area (Å²) in [5.41, 5.74) is -3.34. The van der Waals surface area contributed by atoms with Gasteiger partial charge in [0, 0.05) is 6.54 Å². The molecule has 5 nitrogen and oxygen atoms in total. The van der Waals surface area contributed by atoms with Crippen LogP contribution in [0, 0.1) is 0 Å². The maximum Gasteiger partial charge on any atom is 0.431 e. The molecule has 0 spiro atoms. The number of alkyl halides is 6.